The lowest BCUT2D eigenvalue weighted by atomic mass is 10.2. The first-order chi connectivity index (χ1) is 10.1. The predicted octanol–water partition coefficient (Wildman–Crippen LogP) is 3.77. The largest absolute Gasteiger partial charge is 0.495 e. The molecule has 21 heavy (non-hydrogen) atoms. The highest BCUT2D eigenvalue weighted by Crippen LogP contribution is 2.30. The lowest BCUT2D eigenvalue weighted by Crippen LogP contribution is -2.17. The molecule has 0 aliphatic heterocycles. The molecule has 2 aromatic rings. The second kappa shape index (κ2) is 7.11. The number of carbonyl (C=O) groups excluding carboxylic acids is 1. The fourth-order valence-corrected chi connectivity index (χ4v) is 2.29. The summed E-state index contributed by atoms with van der Waals surface area (Å²) < 4.78 is 5.18. The van der Waals surface area contributed by atoms with Gasteiger partial charge in [-0.2, -0.15) is 5.10 Å². The van der Waals surface area contributed by atoms with Crippen LogP contribution in [0.1, 0.15) is 15.9 Å². The summed E-state index contributed by atoms with van der Waals surface area (Å²) in [6, 6.07) is 12.0. The van der Waals surface area contributed by atoms with E-state index in [0.29, 0.717) is 26.9 Å². The maximum atomic E-state index is 11.8. The van der Waals surface area contributed by atoms with Crippen LogP contribution in [0.3, 0.4) is 0 Å². The third kappa shape index (κ3) is 3.97. The van der Waals surface area contributed by atoms with Crippen molar-refractivity contribution in [3.8, 4) is 5.75 Å². The fourth-order valence-electron chi connectivity index (χ4n) is 1.71. The molecule has 0 aliphatic carbocycles. The highest BCUT2D eigenvalue weighted by atomic mass is 35.5. The van der Waals surface area contributed by atoms with Crippen molar-refractivity contribution in [2.24, 2.45) is 5.10 Å². The molecule has 4 nitrogen and oxygen atoms in total. The van der Waals surface area contributed by atoms with Crippen LogP contribution in [-0.4, -0.2) is 19.2 Å². The molecule has 2 rings (SSSR count). The normalized spacial score (nSPS) is 10.6. The molecule has 108 valence electrons. The Morgan fingerprint density at radius 3 is 2.62 bits per heavy atom. The molecule has 0 aliphatic rings. The van der Waals surface area contributed by atoms with Gasteiger partial charge in [-0.25, -0.2) is 5.43 Å². The van der Waals surface area contributed by atoms with Crippen LogP contribution in [0.4, 0.5) is 0 Å². The van der Waals surface area contributed by atoms with Gasteiger partial charge in [0.05, 0.1) is 18.3 Å². The Morgan fingerprint density at radius 2 is 1.95 bits per heavy atom. The minimum atomic E-state index is -0.307. The van der Waals surface area contributed by atoms with Crippen LogP contribution in [0.5, 0.6) is 5.75 Å². The van der Waals surface area contributed by atoms with Crippen LogP contribution in [0.15, 0.2) is 47.6 Å². The zero-order valence-electron chi connectivity index (χ0n) is 11.1. The van der Waals surface area contributed by atoms with Crippen LogP contribution in [0.25, 0.3) is 0 Å². The molecule has 0 atom stereocenters. The van der Waals surface area contributed by atoms with E-state index in [1.165, 1.54) is 13.3 Å². The molecule has 0 aromatic heterocycles. The standard InChI is InChI=1S/C15H12Cl2N2O2/c1-21-14-11(7-12(16)8-13(14)17)9-18-19-15(20)10-5-3-2-4-6-10/h2-9H,1H3,(H,19,20). The number of carbonyl (C=O) groups is 1. The third-order valence-corrected chi connectivity index (χ3v) is 3.15. The van der Waals surface area contributed by atoms with Crippen molar-refractivity contribution >= 4 is 35.3 Å². The average Bonchev–Trinajstić information content (AvgIpc) is 2.47. The molecule has 6 heteroatoms. The van der Waals surface area contributed by atoms with E-state index >= 15 is 0 Å². The quantitative estimate of drug-likeness (QED) is 0.688. The molecule has 1 N–H and O–H groups in total. The number of methoxy groups -OCH3 is 1. The summed E-state index contributed by atoms with van der Waals surface area (Å²) in [4.78, 5) is 11.8. The van der Waals surface area contributed by atoms with Crippen LogP contribution in [0, 0.1) is 0 Å². The molecule has 2 aromatic carbocycles. The minimum Gasteiger partial charge on any atom is -0.495 e. The fraction of sp³-hybridized carbons (Fsp3) is 0.0667. The van der Waals surface area contributed by atoms with Crippen molar-refractivity contribution in [1.82, 2.24) is 5.43 Å². The number of amides is 1. The molecule has 0 unspecified atom stereocenters. The summed E-state index contributed by atoms with van der Waals surface area (Å²) in [7, 11) is 1.50. The smallest absolute Gasteiger partial charge is 0.271 e. The van der Waals surface area contributed by atoms with Gasteiger partial charge in [-0.3, -0.25) is 4.79 Å². The monoisotopic (exact) mass is 322 g/mol. The molecule has 0 bridgehead atoms. The molecular weight excluding hydrogens is 311 g/mol. The Bertz CT molecular complexity index is 673. The van der Waals surface area contributed by atoms with Crippen molar-refractivity contribution in [2.75, 3.05) is 7.11 Å². The number of halogens is 2. The van der Waals surface area contributed by atoms with Crippen molar-refractivity contribution in [1.29, 1.82) is 0 Å². The summed E-state index contributed by atoms with van der Waals surface area (Å²) in [6.07, 6.45) is 1.43. The summed E-state index contributed by atoms with van der Waals surface area (Å²) in [5, 5.41) is 4.72. The molecule has 0 saturated heterocycles. The zero-order chi connectivity index (χ0) is 15.2. The topological polar surface area (TPSA) is 50.7 Å². The number of rotatable bonds is 4. The van der Waals surface area contributed by atoms with E-state index in [1.54, 1.807) is 36.4 Å². The van der Waals surface area contributed by atoms with Gasteiger partial charge in [0.15, 0.2) is 0 Å². The summed E-state index contributed by atoms with van der Waals surface area (Å²) >= 11 is 11.9. The Balaban J connectivity index is 2.13. The Morgan fingerprint density at radius 1 is 1.24 bits per heavy atom. The average molecular weight is 323 g/mol. The number of hydrogen-bond acceptors (Lipinski definition) is 3. The Hall–Kier alpha value is -2.04. The number of benzene rings is 2. The highest BCUT2D eigenvalue weighted by Gasteiger charge is 2.08. The number of nitrogens with one attached hydrogen (secondary N) is 1. The highest BCUT2D eigenvalue weighted by molar-refractivity contribution is 6.36. The maximum absolute atomic E-state index is 11.8. The van der Waals surface area contributed by atoms with Gasteiger partial charge < -0.3 is 4.74 Å². The van der Waals surface area contributed by atoms with Gasteiger partial charge in [-0.05, 0) is 24.3 Å². The van der Waals surface area contributed by atoms with Crippen LogP contribution in [0.2, 0.25) is 10.0 Å². The van der Waals surface area contributed by atoms with E-state index in [2.05, 4.69) is 10.5 Å². The number of nitrogens with zero attached hydrogens (tertiary/aromatic N) is 1. The molecule has 1 amide bonds. The van der Waals surface area contributed by atoms with E-state index in [4.69, 9.17) is 27.9 Å². The van der Waals surface area contributed by atoms with Gasteiger partial charge in [0.25, 0.3) is 5.91 Å². The van der Waals surface area contributed by atoms with Gasteiger partial charge in [-0.15, -0.1) is 0 Å². The Kier molecular flexibility index (Phi) is 5.20. The van der Waals surface area contributed by atoms with Gasteiger partial charge >= 0.3 is 0 Å². The number of ether oxygens (including phenoxy) is 1. The number of hydrogen-bond donors (Lipinski definition) is 1. The van der Waals surface area contributed by atoms with Crippen molar-refractivity contribution in [3.05, 3.63) is 63.6 Å². The molecule has 0 heterocycles. The summed E-state index contributed by atoms with van der Waals surface area (Å²) in [5.41, 5.74) is 3.52. The van der Waals surface area contributed by atoms with Gasteiger partial charge in [0.2, 0.25) is 0 Å². The van der Waals surface area contributed by atoms with Gasteiger partial charge in [0, 0.05) is 16.1 Å². The SMILES string of the molecule is COc1c(Cl)cc(Cl)cc1C=NNC(=O)c1ccccc1. The minimum absolute atomic E-state index is 0.307. The molecule has 0 radical (unpaired) electrons. The van der Waals surface area contributed by atoms with Crippen LogP contribution in [-0.2, 0) is 0 Å². The second-order valence-corrected chi connectivity index (χ2v) is 4.92. The van der Waals surface area contributed by atoms with E-state index in [-0.39, 0.29) is 5.91 Å². The van der Waals surface area contributed by atoms with Crippen LogP contribution < -0.4 is 10.2 Å². The summed E-state index contributed by atoms with van der Waals surface area (Å²) in [6.45, 7) is 0. The van der Waals surface area contributed by atoms with E-state index in [0.717, 1.165) is 0 Å². The predicted molar refractivity (Wildman–Crippen MR) is 84.5 cm³/mol. The van der Waals surface area contributed by atoms with Crippen molar-refractivity contribution in [2.45, 2.75) is 0 Å². The van der Waals surface area contributed by atoms with Crippen LogP contribution >= 0.6 is 23.2 Å². The first-order valence-corrected chi connectivity index (χ1v) is 6.79. The van der Waals surface area contributed by atoms with Gasteiger partial charge in [0.1, 0.15) is 5.75 Å². The van der Waals surface area contributed by atoms with Crippen molar-refractivity contribution in [3.63, 3.8) is 0 Å². The molecule has 0 fully saturated rings. The van der Waals surface area contributed by atoms with E-state index in [9.17, 15) is 4.79 Å². The van der Waals surface area contributed by atoms with Gasteiger partial charge in [-0.1, -0.05) is 41.4 Å². The van der Waals surface area contributed by atoms with E-state index < -0.39 is 0 Å². The molecule has 0 saturated carbocycles. The molecular formula is C15H12Cl2N2O2. The summed E-state index contributed by atoms with van der Waals surface area (Å²) in [5.74, 6) is 0.137. The second-order valence-electron chi connectivity index (χ2n) is 4.08. The third-order valence-electron chi connectivity index (χ3n) is 2.65. The Labute approximate surface area is 132 Å². The van der Waals surface area contributed by atoms with E-state index in [1.807, 2.05) is 6.07 Å². The maximum Gasteiger partial charge on any atom is 0.271 e. The first kappa shape index (κ1) is 15.4. The zero-order valence-corrected chi connectivity index (χ0v) is 12.7. The lowest BCUT2D eigenvalue weighted by Gasteiger charge is -2.07. The molecule has 0 spiro atoms. The first-order valence-electron chi connectivity index (χ1n) is 6.03. The lowest BCUT2D eigenvalue weighted by molar-refractivity contribution is 0.0955. The number of hydrazone groups is 1. The van der Waals surface area contributed by atoms with Crippen molar-refractivity contribution < 1.29 is 9.53 Å².